The quantitative estimate of drug-likeness (QED) is 0.290. The van der Waals surface area contributed by atoms with Gasteiger partial charge in [0.1, 0.15) is 0 Å². The molecule has 2 N–H and O–H groups in total. The van der Waals surface area contributed by atoms with Crippen LogP contribution in [0.3, 0.4) is 0 Å². The second-order valence-corrected chi connectivity index (χ2v) is 9.12. The van der Waals surface area contributed by atoms with Crippen LogP contribution in [-0.4, -0.2) is 52.2 Å². The number of benzene rings is 2. The van der Waals surface area contributed by atoms with Gasteiger partial charge in [-0.2, -0.15) is 0 Å². The highest BCUT2D eigenvalue weighted by atomic mass is 16.1. The van der Waals surface area contributed by atoms with Crippen LogP contribution < -0.4 is 10.6 Å². The topological polar surface area (TPSA) is 100 Å². The van der Waals surface area contributed by atoms with Crippen LogP contribution in [-0.2, 0) is 11.2 Å². The fraction of sp³-hybridized carbons (Fsp3) is 0.167. The van der Waals surface area contributed by atoms with Crippen LogP contribution in [0.2, 0.25) is 0 Å². The van der Waals surface area contributed by atoms with Crippen molar-refractivity contribution in [1.29, 1.82) is 0 Å². The van der Waals surface area contributed by atoms with Gasteiger partial charge in [0.15, 0.2) is 5.78 Å². The van der Waals surface area contributed by atoms with Crippen molar-refractivity contribution in [3.05, 3.63) is 108 Å². The number of aryl methyl sites for hydroxylation is 1. The summed E-state index contributed by atoms with van der Waals surface area (Å²) in [6.45, 7) is 2.58. The molecule has 0 radical (unpaired) electrons. The smallest absolute Gasteiger partial charge is 0.255 e. The van der Waals surface area contributed by atoms with E-state index in [0.717, 1.165) is 28.1 Å². The normalized spacial score (nSPS) is 11.1. The molecule has 0 bridgehead atoms. The van der Waals surface area contributed by atoms with Gasteiger partial charge in [-0.25, -0.2) is 9.97 Å². The third kappa shape index (κ3) is 7.41. The number of aromatic nitrogens is 3. The number of likely N-dealkylation sites (N-methyl/N-ethyl adjacent to an activating group) is 1. The lowest BCUT2D eigenvalue weighted by molar-refractivity contribution is -0.114. The molecule has 4 rings (SSSR count). The van der Waals surface area contributed by atoms with Crippen LogP contribution in [0.5, 0.6) is 0 Å². The van der Waals surface area contributed by atoms with E-state index in [1.807, 2.05) is 86.6 Å². The lowest BCUT2D eigenvalue weighted by atomic mass is 10.0. The Balaban J connectivity index is 1.39. The summed E-state index contributed by atoms with van der Waals surface area (Å²) in [5.41, 5.74) is 5.28. The maximum atomic E-state index is 13.0. The van der Waals surface area contributed by atoms with E-state index in [2.05, 4.69) is 25.6 Å². The largest absolute Gasteiger partial charge is 0.324 e. The summed E-state index contributed by atoms with van der Waals surface area (Å²) in [5, 5.41) is 6.12. The molecule has 0 saturated heterocycles. The van der Waals surface area contributed by atoms with Gasteiger partial charge in [-0.1, -0.05) is 18.2 Å². The van der Waals surface area contributed by atoms with Gasteiger partial charge in [0.05, 0.1) is 5.69 Å². The monoisotopic (exact) mass is 506 g/mol. The highest BCUT2D eigenvalue weighted by molar-refractivity contribution is 6.05. The molecule has 0 aliphatic rings. The summed E-state index contributed by atoms with van der Waals surface area (Å²) in [7, 11) is 3.89. The van der Waals surface area contributed by atoms with E-state index >= 15 is 0 Å². The number of amides is 1. The number of nitrogens with one attached hydrogen (secondary N) is 2. The zero-order valence-electron chi connectivity index (χ0n) is 21.7. The maximum Gasteiger partial charge on any atom is 0.255 e. The fourth-order valence-corrected chi connectivity index (χ4v) is 3.74. The zero-order chi connectivity index (χ0) is 26.9. The predicted molar refractivity (Wildman–Crippen MR) is 151 cm³/mol. The Kier molecular flexibility index (Phi) is 8.69. The van der Waals surface area contributed by atoms with Gasteiger partial charge < -0.3 is 15.5 Å². The summed E-state index contributed by atoms with van der Waals surface area (Å²) in [6.07, 6.45) is 8.84. The van der Waals surface area contributed by atoms with Crippen molar-refractivity contribution in [3.8, 4) is 11.3 Å². The molecule has 0 aliphatic heterocycles. The second-order valence-electron chi connectivity index (χ2n) is 9.12. The van der Waals surface area contributed by atoms with Gasteiger partial charge in [0, 0.05) is 54.1 Å². The molecular formula is C30H30N6O2. The van der Waals surface area contributed by atoms with Crippen LogP contribution in [0.15, 0.2) is 91.4 Å². The summed E-state index contributed by atoms with van der Waals surface area (Å²) < 4.78 is 0. The molecule has 8 heteroatoms. The Labute approximate surface area is 222 Å². The summed E-state index contributed by atoms with van der Waals surface area (Å²) in [6, 6.07) is 18.5. The summed E-state index contributed by atoms with van der Waals surface area (Å²) in [5.74, 6) is 0.231. The van der Waals surface area contributed by atoms with Crippen molar-refractivity contribution in [2.24, 2.45) is 0 Å². The molecule has 1 amide bonds. The predicted octanol–water partition coefficient (Wildman–Crippen LogP) is 5.07. The first-order valence-electron chi connectivity index (χ1n) is 12.2. The van der Waals surface area contributed by atoms with E-state index in [4.69, 9.17) is 0 Å². The SMILES string of the molecule is Cc1ccc(CC(=O)/C=C/CN(C)C)cc1C(=O)Nc1ccc(Nc2nccc(-c3cccnc3)n2)cc1. The average molecular weight is 507 g/mol. The minimum absolute atomic E-state index is 0.0000940. The van der Waals surface area contributed by atoms with Gasteiger partial charge >= 0.3 is 0 Å². The molecule has 8 nitrogen and oxygen atoms in total. The molecule has 0 fully saturated rings. The molecule has 0 atom stereocenters. The molecule has 0 aliphatic carbocycles. The van der Waals surface area contributed by atoms with Crippen LogP contribution >= 0.6 is 0 Å². The molecule has 2 aromatic carbocycles. The van der Waals surface area contributed by atoms with Crippen molar-refractivity contribution in [1.82, 2.24) is 19.9 Å². The molecule has 0 saturated carbocycles. The van der Waals surface area contributed by atoms with Gasteiger partial charge in [-0.3, -0.25) is 14.6 Å². The third-order valence-electron chi connectivity index (χ3n) is 5.71. The lowest BCUT2D eigenvalue weighted by Gasteiger charge is -2.11. The van der Waals surface area contributed by atoms with E-state index in [-0.39, 0.29) is 18.1 Å². The van der Waals surface area contributed by atoms with E-state index in [9.17, 15) is 9.59 Å². The molecule has 2 aromatic heterocycles. The first kappa shape index (κ1) is 26.4. The van der Waals surface area contributed by atoms with Crippen LogP contribution in [0.25, 0.3) is 11.3 Å². The number of hydrogen-bond acceptors (Lipinski definition) is 7. The number of pyridine rings is 1. The minimum atomic E-state index is -0.229. The van der Waals surface area contributed by atoms with E-state index in [1.54, 1.807) is 30.7 Å². The summed E-state index contributed by atoms with van der Waals surface area (Å²) in [4.78, 5) is 40.2. The number of allylic oxidation sites excluding steroid dienone is 1. The standard InChI is InChI=1S/C30H30N6O2/c1-21-8-9-22(18-26(37)7-5-17-36(2)3)19-27(21)29(38)33-24-10-12-25(13-11-24)34-30-32-16-14-28(35-30)23-6-4-15-31-20-23/h4-16,19-20H,17-18H2,1-3H3,(H,33,38)(H,32,34,35)/b7-5+. The van der Waals surface area contributed by atoms with Crippen LogP contribution in [0.4, 0.5) is 17.3 Å². The van der Waals surface area contributed by atoms with Crippen molar-refractivity contribution in [2.75, 3.05) is 31.3 Å². The number of hydrogen-bond donors (Lipinski definition) is 2. The molecule has 0 spiro atoms. The minimum Gasteiger partial charge on any atom is -0.324 e. The highest BCUT2D eigenvalue weighted by Crippen LogP contribution is 2.21. The number of carbonyl (C=O) groups excluding carboxylic acids is 2. The number of carbonyl (C=O) groups is 2. The second kappa shape index (κ2) is 12.5. The lowest BCUT2D eigenvalue weighted by Crippen LogP contribution is -2.14. The Morgan fingerprint density at radius 1 is 0.974 bits per heavy atom. The highest BCUT2D eigenvalue weighted by Gasteiger charge is 2.12. The average Bonchev–Trinajstić information content (AvgIpc) is 2.91. The first-order valence-corrected chi connectivity index (χ1v) is 12.2. The van der Waals surface area contributed by atoms with Gasteiger partial charge in [0.2, 0.25) is 5.95 Å². The van der Waals surface area contributed by atoms with Crippen molar-refractivity contribution in [2.45, 2.75) is 13.3 Å². The van der Waals surface area contributed by atoms with E-state index in [0.29, 0.717) is 23.7 Å². The molecule has 2 heterocycles. The van der Waals surface area contributed by atoms with E-state index in [1.165, 1.54) is 0 Å². The van der Waals surface area contributed by atoms with E-state index < -0.39 is 0 Å². The molecule has 192 valence electrons. The molecular weight excluding hydrogens is 476 g/mol. The molecule has 38 heavy (non-hydrogen) atoms. The maximum absolute atomic E-state index is 13.0. The molecule has 4 aromatic rings. The number of anilines is 3. The first-order chi connectivity index (χ1) is 18.4. The Bertz CT molecular complexity index is 1430. The van der Waals surface area contributed by atoms with Crippen molar-refractivity contribution >= 4 is 29.0 Å². The third-order valence-corrected chi connectivity index (χ3v) is 5.71. The van der Waals surface area contributed by atoms with Crippen LogP contribution in [0, 0.1) is 6.92 Å². The van der Waals surface area contributed by atoms with Crippen molar-refractivity contribution < 1.29 is 9.59 Å². The van der Waals surface area contributed by atoms with Gasteiger partial charge in [0.25, 0.3) is 5.91 Å². The van der Waals surface area contributed by atoms with Crippen LogP contribution in [0.1, 0.15) is 21.5 Å². The fourth-order valence-electron chi connectivity index (χ4n) is 3.74. The number of rotatable bonds is 10. The van der Waals surface area contributed by atoms with Gasteiger partial charge in [-0.15, -0.1) is 0 Å². The Morgan fingerprint density at radius 2 is 1.76 bits per heavy atom. The Morgan fingerprint density at radius 3 is 2.50 bits per heavy atom. The van der Waals surface area contributed by atoms with Gasteiger partial charge in [-0.05, 0) is 86.8 Å². The number of ketones is 1. The number of nitrogens with zero attached hydrogens (tertiary/aromatic N) is 4. The summed E-state index contributed by atoms with van der Waals surface area (Å²) >= 11 is 0. The van der Waals surface area contributed by atoms with Crippen molar-refractivity contribution in [3.63, 3.8) is 0 Å². The zero-order valence-corrected chi connectivity index (χ0v) is 21.7. The molecule has 0 unspecified atom stereocenters. The Hall–Kier alpha value is -4.69.